The topological polar surface area (TPSA) is 15.3 Å². The Morgan fingerprint density at radius 1 is 0.800 bits per heavy atom. The highest BCUT2D eigenvalue weighted by molar-refractivity contribution is 5.70. The number of hydrogen-bond donors (Lipinski definition) is 1. The molecule has 1 saturated carbocycles. The molecule has 1 heterocycles. The normalized spacial score (nSPS) is 21.5. The Balaban J connectivity index is 1.71. The first kappa shape index (κ1) is 13.8. The molecule has 3 rings (SSSR count). The summed E-state index contributed by atoms with van der Waals surface area (Å²) in [7, 11) is 0. The van der Waals surface area contributed by atoms with Crippen molar-refractivity contribution in [3.63, 3.8) is 0 Å². The number of rotatable bonds is 3. The third kappa shape index (κ3) is 3.47. The van der Waals surface area contributed by atoms with Gasteiger partial charge in [-0.2, -0.15) is 0 Å². The molecule has 1 aliphatic carbocycles. The van der Waals surface area contributed by atoms with Crippen molar-refractivity contribution in [3.05, 3.63) is 24.3 Å². The molecule has 0 aromatic heterocycles. The minimum Gasteiger partial charge on any atom is -0.381 e. The highest BCUT2D eigenvalue weighted by Crippen LogP contribution is 2.30. The Labute approximate surface area is 123 Å². The summed E-state index contributed by atoms with van der Waals surface area (Å²) in [5, 5.41) is 3.85. The zero-order valence-electron chi connectivity index (χ0n) is 12.6. The first-order valence-electron chi connectivity index (χ1n) is 8.54. The molecule has 2 heteroatoms. The summed E-state index contributed by atoms with van der Waals surface area (Å²) < 4.78 is 0. The van der Waals surface area contributed by atoms with Crippen LogP contribution in [-0.4, -0.2) is 19.1 Å². The molecule has 110 valence electrons. The van der Waals surface area contributed by atoms with Crippen LogP contribution in [0.1, 0.15) is 57.8 Å². The van der Waals surface area contributed by atoms with Crippen LogP contribution in [0.4, 0.5) is 11.4 Å². The molecule has 0 radical (unpaired) electrons. The van der Waals surface area contributed by atoms with Crippen molar-refractivity contribution < 1.29 is 0 Å². The largest absolute Gasteiger partial charge is 0.381 e. The second-order valence-corrected chi connectivity index (χ2v) is 6.40. The minimum absolute atomic E-state index is 0.684. The van der Waals surface area contributed by atoms with E-state index in [2.05, 4.69) is 34.5 Å². The molecule has 2 aliphatic rings. The summed E-state index contributed by atoms with van der Waals surface area (Å²) in [5.74, 6) is 0. The lowest BCUT2D eigenvalue weighted by molar-refractivity contribution is 0.576. The number of nitrogens with zero attached hydrogens (tertiary/aromatic N) is 1. The van der Waals surface area contributed by atoms with E-state index in [1.54, 1.807) is 0 Å². The van der Waals surface area contributed by atoms with Crippen molar-refractivity contribution in [1.29, 1.82) is 0 Å². The van der Waals surface area contributed by atoms with Crippen LogP contribution in [0.25, 0.3) is 0 Å². The monoisotopic (exact) mass is 272 g/mol. The van der Waals surface area contributed by atoms with E-state index in [1.807, 2.05) is 0 Å². The predicted octanol–water partition coefficient (Wildman–Crippen LogP) is 4.81. The fraction of sp³-hybridized carbons (Fsp3) is 0.667. The van der Waals surface area contributed by atoms with E-state index in [9.17, 15) is 0 Å². The molecule has 0 spiro atoms. The quantitative estimate of drug-likeness (QED) is 0.794. The average molecular weight is 272 g/mol. The highest BCUT2D eigenvalue weighted by atomic mass is 15.1. The van der Waals surface area contributed by atoms with Crippen molar-refractivity contribution in [2.45, 2.75) is 63.8 Å². The van der Waals surface area contributed by atoms with Crippen LogP contribution >= 0.6 is 0 Å². The fourth-order valence-electron chi connectivity index (χ4n) is 3.65. The predicted molar refractivity (Wildman–Crippen MR) is 87.6 cm³/mol. The molecular weight excluding hydrogens is 244 g/mol. The van der Waals surface area contributed by atoms with Crippen molar-refractivity contribution in [2.75, 3.05) is 23.3 Å². The third-order valence-electron chi connectivity index (χ3n) is 4.82. The molecule has 20 heavy (non-hydrogen) atoms. The van der Waals surface area contributed by atoms with Gasteiger partial charge in [-0.05, 0) is 44.2 Å². The Morgan fingerprint density at radius 3 is 2.20 bits per heavy atom. The van der Waals surface area contributed by atoms with Gasteiger partial charge in [0.05, 0.1) is 11.4 Å². The first-order chi connectivity index (χ1) is 9.93. The first-order valence-corrected chi connectivity index (χ1v) is 8.54. The van der Waals surface area contributed by atoms with Gasteiger partial charge in [0.25, 0.3) is 0 Å². The van der Waals surface area contributed by atoms with Gasteiger partial charge in [0.2, 0.25) is 0 Å². The van der Waals surface area contributed by atoms with E-state index in [0.717, 1.165) is 0 Å². The summed E-state index contributed by atoms with van der Waals surface area (Å²) >= 11 is 0. The number of para-hydroxylation sites is 2. The van der Waals surface area contributed by atoms with Crippen LogP contribution in [0, 0.1) is 0 Å². The van der Waals surface area contributed by atoms with Crippen LogP contribution in [-0.2, 0) is 0 Å². The number of hydrogen-bond acceptors (Lipinski definition) is 2. The summed E-state index contributed by atoms with van der Waals surface area (Å²) in [6.07, 6.45) is 12.4. The summed E-state index contributed by atoms with van der Waals surface area (Å²) in [5.41, 5.74) is 2.79. The molecule has 0 atom stereocenters. The van der Waals surface area contributed by atoms with E-state index in [0.29, 0.717) is 6.04 Å². The van der Waals surface area contributed by atoms with E-state index in [4.69, 9.17) is 0 Å². The van der Waals surface area contributed by atoms with Gasteiger partial charge in [-0.1, -0.05) is 37.8 Å². The summed E-state index contributed by atoms with van der Waals surface area (Å²) in [4.78, 5) is 2.57. The lowest BCUT2D eigenvalue weighted by Crippen LogP contribution is -2.30. The van der Waals surface area contributed by atoms with Crippen LogP contribution in [0.5, 0.6) is 0 Å². The molecule has 1 N–H and O–H groups in total. The van der Waals surface area contributed by atoms with Crippen molar-refractivity contribution in [1.82, 2.24) is 0 Å². The Morgan fingerprint density at radius 2 is 1.45 bits per heavy atom. The fourth-order valence-corrected chi connectivity index (χ4v) is 3.65. The van der Waals surface area contributed by atoms with E-state index >= 15 is 0 Å². The molecule has 2 nitrogen and oxygen atoms in total. The van der Waals surface area contributed by atoms with Gasteiger partial charge in [-0.3, -0.25) is 0 Å². The smallest absolute Gasteiger partial charge is 0.0602 e. The molecule has 2 fully saturated rings. The van der Waals surface area contributed by atoms with Gasteiger partial charge in [0.1, 0.15) is 0 Å². The zero-order valence-corrected chi connectivity index (χ0v) is 12.6. The van der Waals surface area contributed by atoms with Crippen molar-refractivity contribution in [2.24, 2.45) is 0 Å². The van der Waals surface area contributed by atoms with Crippen LogP contribution in [0.2, 0.25) is 0 Å². The number of piperidine rings is 1. The van der Waals surface area contributed by atoms with Gasteiger partial charge in [-0.15, -0.1) is 0 Å². The van der Waals surface area contributed by atoms with Gasteiger partial charge in [0.15, 0.2) is 0 Å². The maximum absolute atomic E-state index is 3.85. The second kappa shape index (κ2) is 7.01. The molecule has 0 amide bonds. The van der Waals surface area contributed by atoms with E-state index in [1.165, 1.54) is 82.3 Å². The number of benzene rings is 1. The molecule has 1 aromatic carbocycles. The van der Waals surface area contributed by atoms with Crippen LogP contribution < -0.4 is 10.2 Å². The molecular formula is C18H28N2. The zero-order chi connectivity index (χ0) is 13.6. The summed E-state index contributed by atoms with van der Waals surface area (Å²) in [6, 6.07) is 9.61. The Bertz CT molecular complexity index is 402. The Hall–Kier alpha value is -1.18. The molecule has 1 aliphatic heterocycles. The van der Waals surface area contributed by atoms with Crippen LogP contribution in [0.3, 0.4) is 0 Å². The minimum atomic E-state index is 0.684. The van der Waals surface area contributed by atoms with Crippen LogP contribution in [0.15, 0.2) is 24.3 Å². The number of anilines is 2. The summed E-state index contributed by atoms with van der Waals surface area (Å²) in [6.45, 7) is 2.45. The van der Waals surface area contributed by atoms with Crippen molar-refractivity contribution in [3.8, 4) is 0 Å². The van der Waals surface area contributed by atoms with E-state index in [-0.39, 0.29) is 0 Å². The van der Waals surface area contributed by atoms with Gasteiger partial charge in [-0.25, -0.2) is 0 Å². The van der Waals surface area contributed by atoms with Gasteiger partial charge < -0.3 is 10.2 Å². The third-order valence-corrected chi connectivity index (χ3v) is 4.82. The van der Waals surface area contributed by atoms with E-state index < -0.39 is 0 Å². The lowest BCUT2D eigenvalue weighted by Gasteiger charge is -2.31. The maximum atomic E-state index is 3.85. The molecule has 1 aromatic rings. The molecule has 0 unspecified atom stereocenters. The van der Waals surface area contributed by atoms with Gasteiger partial charge in [0, 0.05) is 19.1 Å². The second-order valence-electron chi connectivity index (χ2n) is 6.40. The molecule has 1 saturated heterocycles. The Kier molecular flexibility index (Phi) is 4.83. The average Bonchev–Trinajstić information content (AvgIpc) is 2.77. The van der Waals surface area contributed by atoms with Gasteiger partial charge >= 0.3 is 0 Å². The van der Waals surface area contributed by atoms with Crippen molar-refractivity contribution >= 4 is 11.4 Å². The SMILES string of the molecule is c1ccc(N2CCCCC2)c(NC2CCCCCC2)c1. The highest BCUT2D eigenvalue weighted by Gasteiger charge is 2.17. The molecule has 0 bridgehead atoms. The number of nitrogens with one attached hydrogen (secondary N) is 1. The maximum Gasteiger partial charge on any atom is 0.0602 e. The standard InChI is InChI=1S/C18H28N2/c1-2-5-11-16(10-4-1)19-17-12-6-7-13-18(17)20-14-8-3-9-15-20/h6-7,12-13,16,19H,1-5,8-11,14-15H2. The lowest BCUT2D eigenvalue weighted by atomic mass is 10.1.